The van der Waals surface area contributed by atoms with Gasteiger partial charge in [-0.1, -0.05) is 51.1 Å². The van der Waals surface area contributed by atoms with Crippen LogP contribution in [0, 0.1) is 5.92 Å². The van der Waals surface area contributed by atoms with Crippen LogP contribution >= 0.6 is 20.0 Å². The Hall–Kier alpha value is -0.273. The van der Waals surface area contributed by atoms with Gasteiger partial charge in [0.25, 0.3) is 0 Å². The summed E-state index contributed by atoms with van der Waals surface area (Å²) >= 11 is 1.48. The van der Waals surface area contributed by atoms with Crippen LogP contribution < -0.4 is 0 Å². The minimum Gasteiger partial charge on any atom is -0.416 e. The number of hydrogen-bond donors (Lipinski definition) is 1. The molecule has 0 bridgehead atoms. The van der Waals surface area contributed by atoms with E-state index < -0.39 is 16.6 Å². The van der Waals surface area contributed by atoms with Crippen molar-refractivity contribution >= 4 is 28.3 Å². The summed E-state index contributed by atoms with van der Waals surface area (Å²) in [6.45, 7) is 12.9. The molecule has 2 unspecified atom stereocenters. The van der Waals surface area contributed by atoms with Gasteiger partial charge in [-0.2, -0.15) is 0 Å². The van der Waals surface area contributed by atoms with Crippen molar-refractivity contribution < 1.29 is 23.1 Å². The second-order valence-electron chi connectivity index (χ2n) is 7.79. The van der Waals surface area contributed by atoms with E-state index in [2.05, 4.69) is 33.9 Å². The molecule has 148 valence electrons. The summed E-state index contributed by atoms with van der Waals surface area (Å²) in [7, 11) is -4.36. The van der Waals surface area contributed by atoms with Gasteiger partial charge in [-0.25, -0.2) is 0 Å². The van der Waals surface area contributed by atoms with E-state index >= 15 is 0 Å². The maximum atomic E-state index is 10.6. The zero-order valence-electron chi connectivity index (χ0n) is 16.4. The molecule has 1 N–H and O–H groups in total. The smallest absolute Gasteiger partial charge is 0.416 e. The molecule has 1 aromatic rings. The van der Waals surface area contributed by atoms with Gasteiger partial charge in [-0.05, 0) is 23.7 Å². The SMILES string of the molecule is CC(C)(C)[Si](C)(C)OCC(COCc1ccccc1)CSCO[P+](=O)O. The molecule has 0 aliphatic carbocycles. The molecule has 0 fully saturated rings. The topological polar surface area (TPSA) is 65.0 Å². The minimum absolute atomic E-state index is 0.161. The lowest BCUT2D eigenvalue weighted by atomic mass is 10.2. The predicted molar refractivity (Wildman–Crippen MR) is 111 cm³/mol. The van der Waals surface area contributed by atoms with Gasteiger partial charge < -0.3 is 9.16 Å². The molecule has 5 nitrogen and oxygen atoms in total. The summed E-state index contributed by atoms with van der Waals surface area (Å²) in [5.74, 6) is 1.16. The van der Waals surface area contributed by atoms with Crippen molar-refractivity contribution in [3.8, 4) is 0 Å². The fourth-order valence-electron chi connectivity index (χ4n) is 1.90. The fraction of sp³-hybridized carbons (Fsp3) is 0.667. The molecular weight excluding hydrogens is 387 g/mol. The molecule has 0 saturated carbocycles. The number of thioether (sulfide) groups is 1. The van der Waals surface area contributed by atoms with E-state index in [0.717, 1.165) is 11.3 Å². The summed E-state index contributed by atoms with van der Waals surface area (Å²) in [6.07, 6.45) is 0. The molecule has 2 atom stereocenters. The highest BCUT2D eigenvalue weighted by molar-refractivity contribution is 7.99. The van der Waals surface area contributed by atoms with E-state index in [1.165, 1.54) is 11.8 Å². The van der Waals surface area contributed by atoms with E-state index in [4.69, 9.17) is 18.6 Å². The van der Waals surface area contributed by atoms with Crippen LogP contribution in [0.25, 0.3) is 0 Å². The lowest BCUT2D eigenvalue weighted by Gasteiger charge is -2.37. The maximum absolute atomic E-state index is 10.6. The summed E-state index contributed by atoms with van der Waals surface area (Å²) in [5.41, 5.74) is 1.14. The van der Waals surface area contributed by atoms with Gasteiger partial charge in [0.2, 0.25) is 0 Å². The minimum atomic E-state index is -2.54. The Balaban J connectivity index is 2.50. The van der Waals surface area contributed by atoms with E-state index in [-0.39, 0.29) is 16.9 Å². The van der Waals surface area contributed by atoms with Crippen molar-refractivity contribution in [1.29, 1.82) is 0 Å². The highest BCUT2D eigenvalue weighted by Gasteiger charge is 2.37. The Morgan fingerprint density at radius 3 is 2.42 bits per heavy atom. The lowest BCUT2D eigenvalue weighted by molar-refractivity contribution is 0.0731. The molecule has 0 heterocycles. The lowest BCUT2D eigenvalue weighted by Crippen LogP contribution is -2.42. The number of hydrogen-bond acceptors (Lipinski definition) is 5. The second kappa shape index (κ2) is 11.5. The zero-order valence-corrected chi connectivity index (χ0v) is 19.1. The number of rotatable bonds is 12. The van der Waals surface area contributed by atoms with Crippen LogP contribution in [-0.2, 0) is 24.9 Å². The van der Waals surface area contributed by atoms with Crippen LogP contribution in [0.4, 0.5) is 0 Å². The zero-order chi connectivity index (χ0) is 19.6. The normalized spacial score (nSPS) is 14.3. The summed E-state index contributed by atoms with van der Waals surface area (Å²) in [4.78, 5) is 8.71. The van der Waals surface area contributed by atoms with E-state index in [1.54, 1.807) is 0 Å². The monoisotopic (exact) mass is 419 g/mol. The standard InChI is InChI=1S/C18H31O5PSSi/c1-18(2,3)26(4,5)23-13-17(14-25-15-22-24(19)20)12-21-11-16-9-7-6-8-10-16/h6-10,17H,11-15H2,1-5H3/p+1. The quantitative estimate of drug-likeness (QED) is 0.217. The Morgan fingerprint density at radius 1 is 1.19 bits per heavy atom. The summed E-state index contributed by atoms with van der Waals surface area (Å²) in [6, 6.07) is 10.1. The summed E-state index contributed by atoms with van der Waals surface area (Å²) < 4.78 is 27.5. The molecule has 8 heteroatoms. The van der Waals surface area contributed by atoms with Crippen molar-refractivity contribution in [2.24, 2.45) is 5.92 Å². The number of ether oxygens (including phenoxy) is 1. The molecule has 1 rings (SSSR count). The second-order valence-corrected chi connectivity index (χ2v) is 14.3. The Morgan fingerprint density at radius 2 is 1.85 bits per heavy atom. The third kappa shape index (κ3) is 9.60. The van der Waals surface area contributed by atoms with Crippen molar-refractivity contribution in [3.63, 3.8) is 0 Å². The Labute approximate surface area is 163 Å². The first-order valence-electron chi connectivity index (χ1n) is 8.74. The molecule has 0 saturated heterocycles. The van der Waals surface area contributed by atoms with Crippen LogP contribution in [-0.4, -0.2) is 38.1 Å². The first-order valence-corrected chi connectivity index (χ1v) is 13.9. The van der Waals surface area contributed by atoms with Crippen molar-refractivity contribution in [2.45, 2.75) is 45.5 Å². The van der Waals surface area contributed by atoms with Gasteiger partial charge in [0.05, 0.1) is 13.2 Å². The van der Waals surface area contributed by atoms with Crippen molar-refractivity contribution in [3.05, 3.63) is 35.9 Å². The first-order chi connectivity index (χ1) is 12.1. The van der Waals surface area contributed by atoms with Gasteiger partial charge >= 0.3 is 8.25 Å². The van der Waals surface area contributed by atoms with Crippen molar-refractivity contribution in [1.82, 2.24) is 0 Å². The Kier molecular flexibility index (Phi) is 10.6. The third-order valence-corrected chi connectivity index (χ3v) is 10.6. The highest BCUT2D eigenvalue weighted by atomic mass is 32.2. The molecule has 1 aromatic carbocycles. The van der Waals surface area contributed by atoms with Crippen LogP contribution in [0.1, 0.15) is 26.3 Å². The molecule has 0 aromatic heterocycles. The third-order valence-electron chi connectivity index (χ3n) is 4.55. The largest absolute Gasteiger partial charge is 0.695 e. The molecule has 26 heavy (non-hydrogen) atoms. The number of benzene rings is 1. The van der Waals surface area contributed by atoms with Gasteiger partial charge in [0.15, 0.2) is 14.3 Å². The van der Waals surface area contributed by atoms with Gasteiger partial charge in [-0.3, -0.25) is 0 Å². The van der Waals surface area contributed by atoms with Gasteiger partial charge in [-0.15, -0.1) is 21.2 Å². The first kappa shape index (κ1) is 23.8. The van der Waals surface area contributed by atoms with Gasteiger partial charge in [0, 0.05) is 22.8 Å². The average Bonchev–Trinajstić information content (AvgIpc) is 2.55. The van der Waals surface area contributed by atoms with Crippen LogP contribution in [0.3, 0.4) is 0 Å². The fourth-order valence-corrected chi connectivity index (χ4v) is 4.27. The molecule has 0 aliphatic heterocycles. The van der Waals surface area contributed by atoms with Crippen LogP contribution in [0.2, 0.25) is 18.1 Å². The molecule has 0 radical (unpaired) electrons. The molecule has 0 amide bonds. The predicted octanol–water partition coefficient (Wildman–Crippen LogP) is 5.20. The molecule has 0 spiro atoms. The van der Waals surface area contributed by atoms with E-state index in [0.29, 0.717) is 19.8 Å². The van der Waals surface area contributed by atoms with Crippen LogP contribution in [0.5, 0.6) is 0 Å². The molecular formula is C18H32O5PSSi+. The van der Waals surface area contributed by atoms with E-state index in [1.807, 2.05) is 30.3 Å². The average molecular weight is 420 g/mol. The molecule has 0 aliphatic rings. The summed E-state index contributed by atoms with van der Waals surface area (Å²) in [5, 5.41) is 0.161. The van der Waals surface area contributed by atoms with E-state index in [9.17, 15) is 4.57 Å². The van der Waals surface area contributed by atoms with Gasteiger partial charge in [0.1, 0.15) is 0 Å². The van der Waals surface area contributed by atoms with Crippen molar-refractivity contribution in [2.75, 3.05) is 24.9 Å². The van der Waals surface area contributed by atoms with Crippen LogP contribution in [0.15, 0.2) is 30.3 Å². The highest BCUT2D eigenvalue weighted by Crippen LogP contribution is 2.37. The maximum Gasteiger partial charge on any atom is 0.695 e. The Bertz CT molecular complexity index is 536.